The van der Waals surface area contributed by atoms with E-state index < -0.39 is 0 Å². The number of rotatable bonds is 3. The van der Waals surface area contributed by atoms with Crippen molar-refractivity contribution in [1.29, 1.82) is 0 Å². The fraction of sp³-hybridized carbons (Fsp3) is 0.462. The Hall–Kier alpha value is -1.00. The normalized spacial score (nSPS) is 20.1. The molecule has 1 aromatic rings. The standard InChI is InChI=1S/C13H18N2OS/c1-9-4-10(6-14)2-3-12(9)15-7-11(8-17)5-13(15)16/h2-4,11,17H,5-8,14H2,1H3. The second-order valence-corrected chi connectivity index (χ2v) is 4.95. The van der Waals surface area contributed by atoms with Gasteiger partial charge in [0.25, 0.3) is 0 Å². The van der Waals surface area contributed by atoms with Gasteiger partial charge in [-0.1, -0.05) is 12.1 Å². The summed E-state index contributed by atoms with van der Waals surface area (Å²) in [6.07, 6.45) is 0.613. The number of amides is 1. The molecule has 4 heteroatoms. The molecule has 1 aliphatic heterocycles. The quantitative estimate of drug-likeness (QED) is 0.803. The average Bonchev–Trinajstić information content (AvgIpc) is 2.70. The lowest BCUT2D eigenvalue weighted by Gasteiger charge is -2.19. The third-order valence-electron chi connectivity index (χ3n) is 3.25. The number of aryl methyl sites for hydroxylation is 1. The maximum absolute atomic E-state index is 11.9. The van der Waals surface area contributed by atoms with Gasteiger partial charge in [0.2, 0.25) is 5.91 Å². The molecule has 1 heterocycles. The van der Waals surface area contributed by atoms with Crippen LogP contribution in [0, 0.1) is 12.8 Å². The molecule has 1 atom stereocenters. The summed E-state index contributed by atoms with van der Waals surface area (Å²) in [5.74, 6) is 1.34. The third-order valence-corrected chi connectivity index (χ3v) is 3.77. The molecule has 1 aromatic carbocycles. The van der Waals surface area contributed by atoms with Crippen LogP contribution in [-0.4, -0.2) is 18.2 Å². The molecule has 2 rings (SSSR count). The molecule has 3 nitrogen and oxygen atoms in total. The summed E-state index contributed by atoms with van der Waals surface area (Å²) in [5, 5.41) is 0. The van der Waals surface area contributed by atoms with Crippen molar-refractivity contribution in [2.45, 2.75) is 19.9 Å². The van der Waals surface area contributed by atoms with Crippen molar-refractivity contribution in [3.05, 3.63) is 29.3 Å². The number of carbonyl (C=O) groups is 1. The molecule has 0 aliphatic carbocycles. The van der Waals surface area contributed by atoms with Crippen LogP contribution in [0.1, 0.15) is 17.5 Å². The molecule has 92 valence electrons. The predicted octanol–water partition coefficient (Wildman–Crippen LogP) is 1.74. The van der Waals surface area contributed by atoms with Crippen molar-refractivity contribution in [3.63, 3.8) is 0 Å². The van der Waals surface area contributed by atoms with E-state index in [0.717, 1.165) is 29.1 Å². The van der Waals surface area contributed by atoms with Crippen molar-refractivity contribution in [2.24, 2.45) is 11.7 Å². The van der Waals surface area contributed by atoms with Crippen LogP contribution in [-0.2, 0) is 11.3 Å². The van der Waals surface area contributed by atoms with E-state index in [1.54, 1.807) is 0 Å². The molecule has 0 spiro atoms. The van der Waals surface area contributed by atoms with E-state index in [4.69, 9.17) is 5.73 Å². The first-order valence-electron chi connectivity index (χ1n) is 5.86. The van der Waals surface area contributed by atoms with E-state index in [1.165, 1.54) is 0 Å². The van der Waals surface area contributed by atoms with Crippen LogP contribution in [0.25, 0.3) is 0 Å². The van der Waals surface area contributed by atoms with Crippen LogP contribution in [0.5, 0.6) is 0 Å². The molecule has 0 bridgehead atoms. The maximum Gasteiger partial charge on any atom is 0.227 e. The first-order valence-corrected chi connectivity index (χ1v) is 6.49. The molecule has 0 aromatic heterocycles. The Labute approximate surface area is 107 Å². The zero-order valence-electron chi connectivity index (χ0n) is 10.0. The fourth-order valence-electron chi connectivity index (χ4n) is 2.28. The van der Waals surface area contributed by atoms with E-state index in [1.807, 2.05) is 24.0 Å². The van der Waals surface area contributed by atoms with Gasteiger partial charge in [0, 0.05) is 25.2 Å². The minimum atomic E-state index is 0.202. The van der Waals surface area contributed by atoms with E-state index in [2.05, 4.69) is 18.7 Å². The minimum absolute atomic E-state index is 0.202. The molecule has 1 aliphatic rings. The Bertz CT molecular complexity index is 433. The van der Waals surface area contributed by atoms with Crippen LogP contribution >= 0.6 is 12.6 Å². The Balaban J connectivity index is 2.26. The van der Waals surface area contributed by atoms with E-state index in [0.29, 0.717) is 18.9 Å². The summed E-state index contributed by atoms with van der Waals surface area (Å²) in [6, 6.07) is 6.04. The van der Waals surface area contributed by atoms with Crippen molar-refractivity contribution in [3.8, 4) is 0 Å². The number of carbonyl (C=O) groups excluding carboxylic acids is 1. The molecule has 0 radical (unpaired) electrons. The monoisotopic (exact) mass is 250 g/mol. The van der Waals surface area contributed by atoms with E-state index >= 15 is 0 Å². The maximum atomic E-state index is 11.9. The summed E-state index contributed by atoms with van der Waals surface area (Å²) in [5.41, 5.74) is 8.83. The van der Waals surface area contributed by atoms with Crippen LogP contribution in [0.3, 0.4) is 0 Å². The third kappa shape index (κ3) is 2.48. The zero-order chi connectivity index (χ0) is 12.4. The summed E-state index contributed by atoms with van der Waals surface area (Å²) in [7, 11) is 0. The average molecular weight is 250 g/mol. The van der Waals surface area contributed by atoms with Gasteiger partial charge < -0.3 is 10.6 Å². The first kappa shape index (κ1) is 12.5. The van der Waals surface area contributed by atoms with E-state index in [9.17, 15) is 4.79 Å². The topological polar surface area (TPSA) is 46.3 Å². The van der Waals surface area contributed by atoms with Gasteiger partial charge in [-0.3, -0.25) is 4.79 Å². The molecule has 1 amide bonds. The number of hydrogen-bond donors (Lipinski definition) is 2. The van der Waals surface area contributed by atoms with Gasteiger partial charge in [-0.15, -0.1) is 0 Å². The first-order chi connectivity index (χ1) is 8.15. The predicted molar refractivity (Wildman–Crippen MR) is 73.4 cm³/mol. The second-order valence-electron chi connectivity index (χ2n) is 4.58. The fourth-order valence-corrected chi connectivity index (χ4v) is 2.53. The number of nitrogens with zero attached hydrogens (tertiary/aromatic N) is 1. The van der Waals surface area contributed by atoms with Crippen LogP contribution in [0.15, 0.2) is 18.2 Å². The highest BCUT2D eigenvalue weighted by Crippen LogP contribution is 2.28. The van der Waals surface area contributed by atoms with Gasteiger partial charge in [-0.05, 0) is 35.8 Å². The lowest BCUT2D eigenvalue weighted by Crippen LogP contribution is -2.25. The van der Waals surface area contributed by atoms with Crippen molar-refractivity contribution >= 4 is 24.2 Å². The van der Waals surface area contributed by atoms with Crippen molar-refractivity contribution < 1.29 is 4.79 Å². The second kappa shape index (κ2) is 5.10. The minimum Gasteiger partial charge on any atom is -0.326 e. The summed E-state index contributed by atoms with van der Waals surface area (Å²) >= 11 is 4.27. The highest BCUT2D eigenvalue weighted by Gasteiger charge is 2.30. The molecular formula is C13H18N2OS. The van der Waals surface area contributed by atoms with Gasteiger partial charge in [0.15, 0.2) is 0 Å². The Morgan fingerprint density at radius 2 is 2.29 bits per heavy atom. The van der Waals surface area contributed by atoms with Gasteiger partial charge in [0.05, 0.1) is 0 Å². The molecule has 17 heavy (non-hydrogen) atoms. The highest BCUT2D eigenvalue weighted by atomic mass is 32.1. The van der Waals surface area contributed by atoms with E-state index in [-0.39, 0.29) is 5.91 Å². The number of hydrogen-bond acceptors (Lipinski definition) is 3. The van der Waals surface area contributed by atoms with Gasteiger partial charge in [0.1, 0.15) is 0 Å². The van der Waals surface area contributed by atoms with Crippen LogP contribution < -0.4 is 10.6 Å². The summed E-state index contributed by atoms with van der Waals surface area (Å²) in [6.45, 7) is 3.34. The molecule has 1 saturated heterocycles. The lowest BCUT2D eigenvalue weighted by molar-refractivity contribution is -0.117. The molecule has 2 N–H and O–H groups in total. The smallest absolute Gasteiger partial charge is 0.227 e. The highest BCUT2D eigenvalue weighted by molar-refractivity contribution is 7.80. The largest absolute Gasteiger partial charge is 0.326 e. The lowest BCUT2D eigenvalue weighted by atomic mass is 10.1. The molecule has 0 saturated carbocycles. The number of nitrogens with two attached hydrogens (primary N) is 1. The van der Waals surface area contributed by atoms with Crippen LogP contribution in [0.2, 0.25) is 0 Å². The molecular weight excluding hydrogens is 232 g/mol. The summed E-state index contributed by atoms with van der Waals surface area (Å²) in [4.78, 5) is 13.8. The zero-order valence-corrected chi connectivity index (χ0v) is 10.9. The SMILES string of the molecule is Cc1cc(CN)ccc1N1CC(CS)CC1=O. The van der Waals surface area contributed by atoms with Gasteiger partial charge in [-0.25, -0.2) is 0 Å². The van der Waals surface area contributed by atoms with Crippen molar-refractivity contribution in [1.82, 2.24) is 0 Å². The number of thiol groups is 1. The Morgan fingerprint density at radius 1 is 1.53 bits per heavy atom. The van der Waals surface area contributed by atoms with Gasteiger partial charge >= 0.3 is 0 Å². The summed E-state index contributed by atoms with van der Waals surface area (Å²) < 4.78 is 0. The number of anilines is 1. The molecule has 1 unspecified atom stereocenters. The van der Waals surface area contributed by atoms with Gasteiger partial charge in [-0.2, -0.15) is 12.6 Å². The Kier molecular flexibility index (Phi) is 3.74. The van der Waals surface area contributed by atoms with Crippen molar-refractivity contribution in [2.75, 3.05) is 17.2 Å². The number of benzene rings is 1. The Morgan fingerprint density at radius 3 is 2.82 bits per heavy atom. The molecule has 1 fully saturated rings. The van der Waals surface area contributed by atoms with Crippen LogP contribution in [0.4, 0.5) is 5.69 Å².